The summed E-state index contributed by atoms with van der Waals surface area (Å²) in [4.78, 5) is 13.4. The summed E-state index contributed by atoms with van der Waals surface area (Å²) in [5.74, 6) is 0.736. The van der Waals surface area contributed by atoms with E-state index < -0.39 is 0 Å². The van der Waals surface area contributed by atoms with Crippen LogP contribution >= 0.6 is 0 Å². The van der Waals surface area contributed by atoms with Crippen LogP contribution in [0.15, 0.2) is 24.3 Å². The number of carbonyl (C=O) groups is 1. The Hall–Kier alpha value is -1.59. The zero-order valence-electron chi connectivity index (χ0n) is 11.8. The van der Waals surface area contributed by atoms with Crippen molar-refractivity contribution in [2.75, 3.05) is 45.8 Å². The first-order chi connectivity index (χ1) is 9.11. The lowest BCUT2D eigenvalue weighted by molar-refractivity contribution is -0.116. The molecule has 1 N–H and O–H groups in total. The first kappa shape index (κ1) is 15.5. The topological polar surface area (TPSA) is 50.8 Å². The summed E-state index contributed by atoms with van der Waals surface area (Å²) in [6.07, 6.45) is 0. The molecule has 0 aliphatic heterocycles. The van der Waals surface area contributed by atoms with Crippen molar-refractivity contribution in [2.24, 2.45) is 0 Å². The van der Waals surface area contributed by atoms with Crippen LogP contribution in [-0.2, 0) is 9.53 Å². The maximum Gasteiger partial charge on any atom is 0.238 e. The summed E-state index contributed by atoms with van der Waals surface area (Å²) in [5, 5.41) is 2.82. The highest BCUT2D eigenvalue weighted by molar-refractivity contribution is 5.92. The van der Waals surface area contributed by atoms with E-state index in [1.807, 2.05) is 50.2 Å². The smallest absolute Gasteiger partial charge is 0.238 e. The van der Waals surface area contributed by atoms with Crippen molar-refractivity contribution < 1.29 is 14.3 Å². The Morgan fingerprint density at radius 1 is 1.21 bits per heavy atom. The Morgan fingerprint density at radius 2 is 1.89 bits per heavy atom. The molecular weight excluding hydrogens is 244 g/mol. The van der Waals surface area contributed by atoms with Crippen LogP contribution < -0.4 is 10.1 Å². The van der Waals surface area contributed by atoms with E-state index in [0.29, 0.717) is 26.4 Å². The van der Waals surface area contributed by atoms with Crippen molar-refractivity contribution in [3.63, 3.8) is 0 Å². The van der Waals surface area contributed by atoms with Crippen LogP contribution in [0.1, 0.15) is 6.92 Å². The average molecular weight is 266 g/mol. The molecule has 5 nitrogen and oxygen atoms in total. The Morgan fingerprint density at radius 3 is 2.47 bits per heavy atom. The third kappa shape index (κ3) is 6.79. The quantitative estimate of drug-likeness (QED) is 0.726. The van der Waals surface area contributed by atoms with Gasteiger partial charge in [-0.3, -0.25) is 4.79 Å². The summed E-state index contributed by atoms with van der Waals surface area (Å²) in [6.45, 7) is 4.12. The van der Waals surface area contributed by atoms with E-state index in [-0.39, 0.29) is 5.91 Å². The maximum absolute atomic E-state index is 11.6. The van der Waals surface area contributed by atoms with Crippen molar-refractivity contribution in [3.8, 4) is 5.75 Å². The van der Waals surface area contributed by atoms with Crippen LogP contribution in [0.2, 0.25) is 0 Å². The lowest BCUT2D eigenvalue weighted by Crippen LogP contribution is -2.27. The van der Waals surface area contributed by atoms with Gasteiger partial charge < -0.3 is 19.7 Å². The van der Waals surface area contributed by atoms with Gasteiger partial charge in [-0.15, -0.1) is 0 Å². The molecule has 1 amide bonds. The lowest BCUT2D eigenvalue weighted by Gasteiger charge is -2.11. The molecule has 0 unspecified atom stereocenters. The second-order valence-corrected chi connectivity index (χ2v) is 4.36. The maximum atomic E-state index is 11.6. The van der Waals surface area contributed by atoms with E-state index in [1.54, 1.807) is 0 Å². The molecule has 0 fully saturated rings. The van der Waals surface area contributed by atoms with Gasteiger partial charge in [-0.25, -0.2) is 0 Å². The van der Waals surface area contributed by atoms with Gasteiger partial charge in [0, 0.05) is 12.3 Å². The fourth-order valence-electron chi connectivity index (χ4n) is 1.49. The first-order valence-electron chi connectivity index (χ1n) is 6.37. The van der Waals surface area contributed by atoms with Crippen LogP contribution in [-0.4, -0.2) is 51.3 Å². The molecule has 0 atom stereocenters. The summed E-state index contributed by atoms with van der Waals surface area (Å²) in [7, 11) is 3.71. The van der Waals surface area contributed by atoms with Crippen LogP contribution in [0.25, 0.3) is 0 Å². The lowest BCUT2D eigenvalue weighted by atomic mass is 10.3. The Labute approximate surface area is 114 Å². The van der Waals surface area contributed by atoms with E-state index in [4.69, 9.17) is 9.47 Å². The van der Waals surface area contributed by atoms with Crippen molar-refractivity contribution in [1.82, 2.24) is 4.90 Å². The van der Waals surface area contributed by atoms with E-state index in [0.717, 1.165) is 11.4 Å². The molecule has 0 aliphatic rings. The van der Waals surface area contributed by atoms with Gasteiger partial charge in [0.05, 0.1) is 13.2 Å². The van der Waals surface area contributed by atoms with Gasteiger partial charge in [-0.1, -0.05) is 0 Å². The molecule has 0 heterocycles. The molecule has 0 radical (unpaired) electrons. The molecular formula is C14H22N2O3. The highest BCUT2D eigenvalue weighted by atomic mass is 16.5. The van der Waals surface area contributed by atoms with Crippen LogP contribution in [0, 0.1) is 0 Å². The largest absolute Gasteiger partial charge is 0.491 e. The number of hydrogen-bond donors (Lipinski definition) is 1. The van der Waals surface area contributed by atoms with Crippen molar-refractivity contribution >= 4 is 11.6 Å². The fourth-order valence-corrected chi connectivity index (χ4v) is 1.49. The van der Waals surface area contributed by atoms with Gasteiger partial charge in [0.15, 0.2) is 0 Å². The number of benzene rings is 1. The van der Waals surface area contributed by atoms with E-state index in [1.165, 1.54) is 0 Å². The molecule has 0 saturated heterocycles. The fraction of sp³-hybridized carbons (Fsp3) is 0.500. The molecule has 0 saturated carbocycles. The molecule has 106 valence electrons. The number of ether oxygens (including phenoxy) is 2. The van der Waals surface area contributed by atoms with Gasteiger partial charge in [-0.05, 0) is 45.3 Å². The number of hydrogen-bond acceptors (Lipinski definition) is 4. The minimum atomic E-state index is -0.0324. The molecule has 1 rings (SSSR count). The molecule has 0 spiro atoms. The molecule has 5 heteroatoms. The minimum absolute atomic E-state index is 0.0324. The second kappa shape index (κ2) is 8.50. The Balaban J connectivity index is 2.36. The zero-order chi connectivity index (χ0) is 14.1. The van der Waals surface area contributed by atoms with Crippen molar-refractivity contribution in [3.05, 3.63) is 24.3 Å². The molecule has 0 aliphatic carbocycles. The Bertz CT molecular complexity index is 377. The highest BCUT2D eigenvalue weighted by Gasteiger charge is 2.03. The summed E-state index contributed by atoms with van der Waals surface area (Å²) in [6, 6.07) is 7.31. The van der Waals surface area contributed by atoms with Gasteiger partial charge in [0.1, 0.15) is 12.4 Å². The predicted molar refractivity (Wildman–Crippen MR) is 75.6 cm³/mol. The second-order valence-electron chi connectivity index (χ2n) is 4.36. The minimum Gasteiger partial charge on any atom is -0.491 e. The predicted octanol–water partition coefficient (Wildman–Crippen LogP) is 1.60. The number of amides is 1. The molecule has 1 aromatic rings. The standard InChI is InChI=1S/C14H22N2O3/c1-4-18-9-10-19-13-7-5-12(6-8-13)15-14(17)11-16(2)3/h5-8H,4,9-11H2,1-3H3,(H,15,17). The van der Waals surface area contributed by atoms with Gasteiger partial charge >= 0.3 is 0 Å². The number of carbonyl (C=O) groups excluding carboxylic acids is 1. The first-order valence-corrected chi connectivity index (χ1v) is 6.37. The van der Waals surface area contributed by atoms with Gasteiger partial charge in [-0.2, -0.15) is 0 Å². The summed E-state index contributed by atoms with van der Waals surface area (Å²) < 4.78 is 10.7. The van der Waals surface area contributed by atoms with Crippen LogP contribution in [0.4, 0.5) is 5.69 Å². The zero-order valence-corrected chi connectivity index (χ0v) is 11.8. The third-order valence-electron chi connectivity index (χ3n) is 2.30. The summed E-state index contributed by atoms with van der Waals surface area (Å²) >= 11 is 0. The number of nitrogens with zero attached hydrogens (tertiary/aromatic N) is 1. The molecule has 1 aromatic carbocycles. The molecule has 19 heavy (non-hydrogen) atoms. The normalized spacial score (nSPS) is 10.5. The average Bonchev–Trinajstić information content (AvgIpc) is 2.35. The SMILES string of the molecule is CCOCCOc1ccc(NC(=O)CN(C)C)cc1. The summed E-state index contributed by atoms with van der Waals surface area (Å²) in [5.41, 5.74) is 0.768. The highest BCUT2D eigenvalue weighted by Crippen LogP contribution is 2.15. The van der Waals surface area contributed by atoms with E-state index in [9.17, 15) is 4.79 Å². The number of likely N-dealkylation sites (N-methyl/N-ethyl adjacent to an activating group) is 1. The monoisotopic (exact) mass is 266 g/mol. The molecule has 0 aromatic heterocycles. The Kier molecular flexibility index (Phi) is 6.92. The van der Waals surface area contributed by atoms with Crippen molar-refractivity contribution in [1.29, 1.82) is 0 Å². The third-order valence-corrected chi connectivity index (χ3v) is 2.30. The molecule has 0 bridgehead atoms. The van der Waals surface area contributed by atoms with Gasteiger partial charge in [0.25, 0.3) is 0 Å². The number of rotatable bonds is 8. The number of anilines is 1. The van der Waals surface area contributed by atoms with Crippen LogP contribution in [0.5, 0.6) is 5.75 Å². The van der Waals surface area contributed by atoms with E-state index >= 15 is 0 Å². The van der Waals surface area contributed by atoms with Crippen molar-refractivity contribution in [2.45, 2.75) is 6.92 Å². The van der Waals surface area contributed by atoms with Crippen LogP contribution in [0.3, 0.4) is 0 Å². The van der Waals surface area contributed by atoms with E-state index in [2.05, 4.69) is 5.32 Å². The van der Waals surface area contributed by atoms with Gasteiger partial charge in [0.2, 0.25) is 5.91 Å². The number of nitrogens with one attached hydrogen (secondary N) is 1.